The van der Waals surface area contributed by atoms with Gasteiger partial charge < -0.3 is 20.9 Å². The monoisotopic (exact) mass is 469 g/mol. The van der Waals surface area contributed by atoms with Gasteiger partial charge in [0.1, 0.15) is 17.3 Å². The fraction of sp³-hybridized carbons (Fsp3) is 0.333. The van der Waals surface area contributed by atoms with E-state index in [1.165, 1.54) is 24.5 Å². The number of halogens is 2. The highest BCUT2D eigenvalue weighted by atomic mass is 19.1. The van der Waals surface area contributed by atoms with Gasteiger partial charge in [-0.2, -0.15) is 0 Å². The molecule has 10 heteroatoms. The maximum absolute atomic E-state index is 14.2. The predicted molar refractivity (Wildman–Crippen MR) is 121 cm³/mol. The van der Waals surface area contributed by atoms with Crippen LogP contribution in [-0.4, -0.2) is 44.2 Å². The first-order chi connectivity index (χ1) is 16.3. The van der Waals surface area contributed by atoms with E-state index in [1.807, 2.05) is 13.8 Å². The van der Waals surface area contributed by atoms with E-state index in [4.69, 9.17) is 10.5 Å². The Hall–Kier alpha value is -3.34. The van der Waals surface area contributed by atoms with Crippen molar-refractivity contribution in [1.82, 2.24) is 15.0 Å². The van der Waals surface area contributed by atoms with Gasteiger partial charge in [-0.1, -0.05) is 19.9 Å². The third kappa shape index (κ3) is 4.79. The summed E-state index contributed by atoms with van der Waals surface area (Å²) in [6.45, 7) is 3.87. The first-order valence-electron chi connectivity index (χ1n) is 10.9. The lowest BCUT2D eigenvalue weighted by atomic mass is 9.88. The van der Waals surface area contributed by atoms with Crippen molar-refractivity contribution in [2.45, 2.75) is 44.6 Å². The molecule has 0 unspecified atom stereocenters. The molecule has 1 aromatic carbocycles. The molecule has 0 aliphatic carbocycles. The number of nitrogens with one attached hydrogen (secondary N) is 1. The first kappa shape index (κ1) is 23.8. The maximum Gasteiger partial charge on any atom is 0.274 e. The van der Waals surface area contributed by atoms with Crippen molar-refractivity contribution in [2.75, 3.05) is 5.32 Å². The van der Waals surface area contributed by atoms with Crippen LogP contribution in [0.25, 0.3) is 11.4 Å². The third-order valence-electron chi connectivity index (χ3n) is 5.76. The van der Waals surface area contributed by atoms with Gasteiger partial charge >= 0.3 is 0 Å². The van der Waals surface area contributed by atoms with Crippen molar-refractivity contribution in [3.63, 3.8) is 0 Å². The lowest BCUT2D eigenvalue weighted by molar-refractivity contribution is -0.145. The van der Waals surface area contributed by atoms with Crippen molar-refractivity contribution in [2.24, 2.45) is 11.7 Å². The molecule has 4 rings (SSSR count). The van der Waals surface area contributed by atoms with Gasteiger partial charge in [0.05, 0.1) is 35.8 Å². The molecule has 1 aliphatic rings. The molecule has 4 N–H and O–H groups in total. The van der Waals surface area contributed by atoms with Crippen molar-refractivity contribution in [3.8, 4) is 11.4 Å². The van der Waals surface area contributed by atoms with E-state index in [-0.39, 0.29) is 17.4 Å². The number of aromatic nitrogens is 3. The molecule has 1 aliphatic heterocycles. The number of aliphatic hydroxyl groups excluding tert-OH is 1. The van der Waals surface area contributed by atoms with Crippen molar-refractivity contribution < 1.29 is 23.4 Å². The Kier molecular flexibility index (Phi) is 6.92. The Labute approximate surface area is 195 Å². The minimum Gasteiger partial charge on any atom is -0.389 e. The molecule has 1 fully saturated rings. The number of hydrogen-bond donors (Lipinski definition) is 3. The standard InChI is InChI=1S/C24H25F2N5O3/c1-12(2)22-21(32)16(27)10-19(34-22)13-6-8-28-11-18(13)31-24(33)17-7-9-29-23(30-17)20-14(25)4-3-5-15(20)26/h3-9,11-12,16,19,21-22,32H,10,27H2,1-2H3,(H,31,33)/t16-,19-,21+,22-/m1/s1. The zero-order valence-electron chi connectivity index (χ0n) is 18.7. The van der Waals surface area contributed by atoms with Gasteiger partial charge in [-0.15, -0.1) is 0 Å². The van der Waals surface area contributed by atoms with Crippen LogP contribution < -0.4 is 11.1 Å². The molecule has 0 bridgehead atoms. The van der Waals surface area contributed by atoms with E-state index < -0.39 is 47.5 Å². The summed E-state index contributed by atoms with van der Waals surface area (Å²) in [6, 6.07) is 5.97. The zero-order valence-corrected chi connectivity index (χ0v) is 18.7. The van der Waals surface area contributed by atoms with E-state index >= 15 is 0 Å². The molecule has 3 aromatic rings. The number of nitrogens with two attached hydrogens (primary N) is 1. The number of carbonyl (C=O) groups is 1. The van der Waals surface area contributed by atoms with Crippen LogP contribution >= 0.6 is 0 Å². The number of anilines is 1. The normalized spacial score (nSPS) is 22.6. The average Bonchev–Trinajstić information content (AvgIpc) is 2.81. The highest BCUT2D eigenvalue weighted by Gasteiger charge is 2.38. The van der Waals surface area contributed by atoms with Crippen LogP contribution in [0.5, 0.6) is 0 Å². The smallest absolute Gasteiger partial charge is 0.274 e. The number of aliphatic hydroxyl groups is 1. The predicted octanol–water partition coefficient (Wildman–Crippen LogP) is 3.24. The minimum absolute atomic E-state index is 0.0296. The van der Waals surface area contributed by atoms with Crippen LogP contribution in [0.4, 0.5) is 14.5 Å². The van der Waals surface area contributed by atoms with Crippen LogP contribution in [-0.2, 0) is 4.74 Å². The Morgan fingerprint density at radius 2 is 1.94 bits per heavy atom. The molecule has 1 saturated heterocycles. The highest BCUT2D eigenvalue weighted by molar-refractivity contribution is 6.03. The van der Waals surface area contributed by atoms with Gasteiger partial charge in [0.15, 0.2) is 5.82 Å². The summed E-state index contributed by atoms with van der Waals surface area (Å²) >= 11 is 0. The fourth-order valence-corrected chi connectivity index (χ4v) is 4.00. The van der Waals surface area contributed by atoms with Crippen molar-refractivity contribution >= 4 is 11.6 Å². The number of hydrogen-bond acceptors (Lipinski definition) is 7. The second kappa shape index (κ2) is 9.88. The summed E-state index contributed by atoms with van der Waals surface area (Å²) in [7, 11) is 0. The van der Waals surface area contributed by atoms with Crippen LogP contribution in [0.1, 0.15) is 42.4 Å². The summed E-state index contributed by atoms with van der Waals surface area (Å²) in [4.78, 5) is 25.0. The second-order valence-electron chi connectivity index (χ2n) is 8.50. The Bertz CT molecular complexity index is 1170. The third-order valence-corrected chi connectivity index (χ3v) is 5.76. The number of pyridine rings is 1. The second-order valence-corrected chi connectivity index (χ2v) is 8.50. The van der Waals surface area contributed by atoms with Gasteiger partial charge in [-0.3, -0.25) is 9.78 Å². The fourth-order valence-electron chi connectivity index (χ4n) is 4.00. The molecule has 34 heavy (non-hydrogen) atoms. The zero-order chi connectivity index (χ0) is 24.4. The van der Waals surface area contributed by atoms with Gasteiger partial charge in [-0.25, -0.2) is 18.7 Å². The van der Waals surface area contributed by atoms with Crippen LogP contribution in [0.15, 0.2) is 48.9 Å². The van der Waals surface area contributed by atoms with Crippen LogP contribution in [0, 0.1) is 17.6 Å². The van der Waals surface area contributed by atoms with Gasteiger partial charge in [0, 0.05) is 24.0 Å². The summed E-state index contributed by atoms with van der Waals surface area (Å²) in [5, 5.41) is 13.1. The van der Waals surface area contributed by atoms with E-state index in [9.17, 15) is 18.7 Å². The average molecular weight is 469 g/mol. The van der Waals surface area contributed by atoms with E-state index in [0.29, 0.717) is 17.7 Å². The lowest BCUT2D eigenvalue weighted by Crippen LogP contribution is -2.51. The Balaban J connectivity index is 1.60. The highest BCUT2D eigenvalue weighted by Crippen LogP contribution is 2.36. The van der Waals surface area contributed by atoms with Crippen LogP contribution in [0.2, 0.25) is 0 Å². The summed E-state index contributed by atoms with van der Waals surface area (Å²) in [5.74, 6) is -2.50. The number of rotatable bonds is 5. The molecule has 178 valence electrons. The first-order valence-corrected chi connectivity index (χ1v) is 10.9. The number of nitrogens with zero attached hydrogens (tertiary/aromatic N) is 3. The molecule has 0 saturated carbocycles. The SMILES string of the molecule is CC(C)[C@H]1O[C@@H](c2ccncc2NC(=O)c2ccnc(-c3c(F)cccc3F)n2)C[C@@H](N)[C@@H]1O. The van der Waals surface area contributed by atoms with Gasteiger partial charge in [0.25, 0.3) is 5.91 Å². The molecule has 0 spiro atoms. The van der Waals surface area contributed by atoms with E-state index in [2.05, 4.69) is 20.3 Å². The Morgan fingerprint density at radius 3 is 2.65 bits per heavy atom. The Morgan fingerprint density at radius 1 is 1.21 bits per heavy atom. The molecule has 2 aromatic heterocycles. The topological polar surface area (TPSA) is 123 Å². The van der Waals surface area contributed by atoms with Crippen molar-refractivity contribution in [1.29, 1.82) is 0 Å². The van der Waals surface area contributed by atoms with Gasteiger partial charge in [-0.05, 0) is 36.6 Å². The lowest BCUT2D eigenvalue weighted by Gasteiger charge is -2.40. The molecule has 3 heterocycles. The van der Waals surface area contributed by atoms with Gasteiger partial charge in [0.2, 0.25) is 0 Å². The molecule has 1 amide bonds. The van der Waals surface area contributed by atoms with E-state index in [1.54, 1.807) is 12.3 Å². The number of carbonyl (C=O) groups excluding carboxylic acids is 1. The number of ether oxygens (including phenoxy) is 1. The molecule has 0 radical (unpaired) electrons. The largest absolute Gasteiger partial charge is 0.389 e. The van der Waals surface area contributed by atoms with Crippen LogP contribution in [0.3, 0.4) is 0 Å². The summed E-state index contributed by atoms with van der Waals surface area (Å²) in [6.07, 6.45) is 2.90. The van der Waals surface area contributed by atoms with E-state index in [0.717, 1.165) is 12.1 Å². The number of benzene rings is 1. The molecular formula is C24H25F2N5O3. The molecular weight excluding hydrogens is 444 g/mol. The molecule has 4 atom stereocenters. The molecule has 8 nitrogen and oxygen atoms in total. The summed E-state index contributed by atoms with van der Waals surface area (Å²) < 4.78 is 34.4. The minimum atomic E-state index is -0.834. The van der Waals surface area contributed by atoms with Crippen molar-refractivity contribution in [3.05, 3.63) is 71.8 Å². The maximum atomic E-state index is 14.2. The quantitative estimate of drug-likeness (QED) is 0.524. The number of amides is 1. The summed E-state index contributed by atoms with van der Waals surface area (Å²) in [5.41, 5.74) is 6.68.